The van der Waals surface area contributed by atoms with Crippen LogP contribution in [0.4, 0.5) is 5.13 Å². The van der Waals surface area contributed by atoms with Gasteiger partial charge in [-0.15, -0.1) is 11.3 Å². The first-order valence-corrected chi connectivity index (χ1v) is 8.93. The van der Waals surface area contributed by atoms with Crippen LogP contribution >= 0.6 is 11.3 Å². The van der Waals surface area contributed by atoms with Crippen LogP contribution in [-0.4, -0.2) is 28.9 Å². The van der Waals surface area contributed by atoms with Crippen molar-refractivity contribution in [2.75, 3.05) is 18.4 Å². The molecule has 0 aliphatic carbocycles. The van der Waals surface area contributed by atoms with E-state index in [1.165, 1.54) is 35.8 Å². The Bertz CT molecular complexity index is 674. The molecule has 0 saturated carbocycles. The van der Waals surface area contributed by atoms with Gasteiger partial charge in [-0.25, -0.2) is 4.98 Å². The fourth-order valence-electron chi connectivity index (χ4n) is 3.26. The molecule has 1 saturated heterocycles. The van der Waals surface area contributed by atoms with E-state index in [2.05, 4.69) is 46.4 Å². The number of anilines is 1. The molecule has 0 radical (unpaired) electrons. The molecule has 0 atom stereocenters. The lowest BCUT2D eigenvalue weighted by Gasteiger charge is -2.32. The number of amides is 1. The van der Waals surface area contributed by atoms with Gasteiger partial charge in [0.05, 0.1) is 0 Å². The van der Waals surface area contributed by atoms with E-state index in [0.29, 0.717) is 11.0 Å². The average Bonchev–Trinajstić information content (AvgIpc) is 2.95. The van der Waals surface area contributed by atoms with E-state index in [4.69, 9.17) is 0 Å². The summed E-state index contributed by atoms with van der Waals surface area (Å²) in [5, 5.41) is 3.44. The van der Waals surface area contributed by atoms with Gasteiger partial charge in [-0.2, -0.15) is 0 Å². The number of hydrogen-bond donors (Lipinski definition) is 1. The van der Waals surface area contributed by atoms with Crippen molar-refractivity contribution in [1.29, 1.82) is 0 Å². The normalized spacial score (nSPS) is 16.4. The van der Waals surface area contributed by atoms with Gasteiger partial charge in [0.15, 0.2) is 5.13 Å². The first-order chi connectivity index (χ1) is 11.1. The van der Waals surface area contributed by atoms with Crippen LogP contribution in [0.5, 0.6) is 0 Å². The minimum Gasteiger partial charge on any atom is -0.302 e. The zero-order valence-corrected chi connectivity index (χ0v) is 14.5. The summed E-state index contributed by atoms with van der Waals surface area (Å²) in [5.41, 5.74) is 2.92. The summed E-state index contributed by atoms with van der Waals surface area (Å²) >= 11 is 1.57. The van der Waals surface area contributed by atoms with Crippen LogP contribution in [0.15, 0.2) is 30.5 Å². The topological polar surface area (TPSA) is 45.2 Å². The molecule has 1 aliphatic rings. The van der Waals surface area contributed by atoms with Crippen molar-refractivity contribution in [3.05, 3.63) is 46.5 Å². The molecule has 2 heterocycles. The van der Waals surface area contributed by atoms with Crippen LogP contribution in [0.1, 0.15) is 41.7 Å². The summed E-state index contributed by atoms with van der Waals surface area (Å²) in [6, 6.07) is 8.75. The Morgan fingerprint density at radius 1 is 1.35 bits per heavy atom. The minimum absolute atomic E-state index is 0.0649. The summed E-state index contributed by atoms with van der Waals surface area (Å²) in [4.78, 5) is 19.0. The Balaban J connectivity index is 1.54. The first kappa shape index (κ1) is 16.1. The van der Waals surface area contributed by atoms with Gasteiger partial charge < -0.3 is 5.32 Å². The highest BCUT2D eigenvalue weighted by Crippen LogP contribution is 2.31. The Morgan fingerprint density at radius 2 is 2.09 bits per heavy atom. The van der Waals surface area contributed by atoms with Crippen molar-refractivity contribution < 1.29 is 4.79 Å². The van der Waals surface area contributed by atoms with E-state index >= 15 is 0 Å². The highest BCUT2D eigenvalue weighted by Gasteiger charge is 2.22. The van der Waals surface area contributed by atoms with Crippen molar-refractivity contribution >= 4 is 22.4 Å². The molecule has 1 aromatic heterocycles. The number of piperidine rings is 1. The van der Waals surface area contributed by atoms with E-state index < -0.39 is 0 Å². The van der Waals surface area contributed by atoms with Crippen LogP contribution < -0.4 is 5.32 Å². The van der Waals surface area contributed by atoms with Crippen LogP contribution in [0.25, 0.3) is 0 Å². The molecule has 1 aliphatic heterocycles. The highest BCUT2D eigenvalue weighted by molar-refractivity contribution is 7.15. The quantitative estimate of drug-likeness (QED) is 0.928. The standard InChI is InChI=1S/C18H23N3OS/c1-13-5-3-4-6-17(13)15-7-9-21(10-8-15)12-16-11-19-18(23-16)20-14(2)22/h3-6,11,15H,7-10,12H2,1-2H3,(H,19,20,22). The number of carbonyl (C=O) groups is 1. The molecule has 1 N–H and O–H groups in total. The van der Waals surface area contributed by atoms with Crippen LogP contribution in [-0.2, 0) is 11.3 Å². The molecule has 0 bridgehead atoms. The smallest absolute Gasteiger partial charge is 0.223 e. The molecule has 1 amide bonds. The molecular formula is C18H23N3OS. The second-order valence-corrected chi connectivity index (χ2v) is 7.34. The lowest BCUT2D eigenvalue weighted by Crippen LogP contribution is -2.32. The molecule has 23 heavy (non-hydrogen) atoms. The number of nitrogens with one attached hydrogen (secondary N) is 1. The Labute approximate surface area is 141 Å². The molecule has 1 fully saturated rings. The van der Waals surface area contributed by atoms with E-state index in [-0.39, 0.29) is 5.91 Å². The SMILES string of the molecule is CC(=O)Nc1ncc(CN2CCC(c3ccccc3C)CC2)s1. The molecular weight excluding hydrogens is 306 g/mol. The van der Waals surface area contributed by atoms with E-state index in [1.807, 2.05) is 6.20 Å². The first-order valence-electron chi connectivity index (χ1n) is 8.12. The van der Waals surface area contributed by atoms with Crippen molar-refractivity contribution in [3.63, 3.8) is 0 Å². The molecule has 3 rings (SSSR count). The van der Waals surface area contributed by atoms with Gasteiger partial charge >= 0.3 is 0 Å². The lowest BCUT2D eigenvalue weighted by molar-refractivity contribution is -0.114. The Morgan fingerprint density at radius 3 is 2.78 bits per heavy atom. The number of benzene rings is 1. The Kier molecular flexibility index (Phi) is 5.08. The maximum absolute atomic E-state index is 11.1. The molecule has 2 aromatic rings. The predicted octanol–water partition coefficient (Wildman–Crippen LogP) is 3.79. The van der Waals surface area contributed by atoms with Gasteiger partial charge in [0.1, 0.15) is 0 Å². The molecule has 1 aromatic carbocycles. The minimum atomic E-state index is -0.0649. The van der Waals surface area contributed by atoms with Gasteiger partial charge in [0.25, 0.3) is 0 Å². The lowest BCUT2D eigenvalue weighted by atomic mass is 9.87. The maximum Gasteiger partial charge on any atom is 0.223 e. The van der Waals surface area contributed by atoms with E-state index in [9.17, 15) is 4.79 Å². The number of rotatable bonds is 4. The van der Waals surface area contributed by atoms with Gasteiger partial charge in [-0.05, 0) is 49.9 Å². The fraction of sp³-hybridized carbons (Fsp3) is 0.444. The maximum atomic E-state index is 11.1. The second-order valence-electron chi connectivity index (χ2n) is 6.22. The molecule has 0 unspecified atom stereocenters. The largest absolute Gasteiger partial charge is 0.302 e. The van der Waals surface area contributed by atoms with Crippen molar-refractivity contribution in [2.24, 2.45) is 0 Å². The van der Waals surface area contributed by atoms with Gasteiger partial charge in [-0.3, -0.25) is 9.69 Å². The number of thiazole rings is 1. The monoisotopic (exact) mass is 329 g/mol. The number of likely N-dealkylation sites (tertiary alicyclic amines) is 1. The zero-order valence-electron chi connectivity index (χ0n) is 13.7. The summed E-state index contributed by atoms with van der Waals surface area (Å²) in [7, 11) is 0. The van der Waals surface area contributed by atoms with Gasteiger partial charge in [0, 0.05) is 24.5 Å². The molecule has 0 spiro atoms. The molecule has 4 nitrogen and oxygen atoms in total. The third kappa shape index (κ3) is 4.18. The fourth-order valence-corrected chi connectivity index (χ4v) is 4.16. The summed E-state index contributed by atoms with van der Waals surface area (Å²) in [5.74, 6) is 0.619. The third-order valence-corrected chi connectivity index (χ3v) is 5.33. The highest BCUT2D eigenvalue weighted by atomic mass is 32.1. The number of hydrogen-bond acceptors (Lipinski definition) is 4. The van der Waals surface area contributed by atoms with Crippen LogP contribution in [0, 0.1) is 6.92 Å². The average molecular weight is 329 g/mol. The number of aryl methyl sites for hydroxylation is 1. The van der Waals surface area contributed by atoms with E-state index in [0.717, 1.165) is 19.6 Å². The molecule has 122 valence electrons. The summed E-state index contributed by atoms with van der Waals surface area (Å²) in [6.07, 6.45) is 4.30. The molecule has 5 heteroatoms. The van der Waals surface area contributed by atoms with Gasteiger partial charge in [-0.1, -0.05) is 24.3 Å². The number of carbonyl (C=O) groups excluding carboxylic acids is 1. The zero-order chi connectivity index (χ0) is 16.2. The predicted molar refractivity (Wildman–Crippen MR) is 94.8 cm³/mol. The summed E-state index contributed by atoms with van der Waals surface area (Å²) < 4.78 is 0. The van der Waals surface area contributed by atoms with E-state index in [1.54, 1.807) is 11.3 Å². The Hall–Kier alpha value is -1.72. The summed E-state index contributed by atoms with van der Waals surface area (Å²) in [6.45, 7) is 6.89. The number of nitrogens with zero attached hydrogens (tertiary/aromatic N) is 2. The van der Waals surface area contributed by atoms with Crippen molar-refractivity contribution in [3.8, 4) is 0 Å². The number of aromatic nitrogens is 1. The second kappa shape index (κ2) is 7.23. The van der Waals surface area contributed by atoms with Crippen LogP contribution in [0.2, 0.25) is 0 Å². The van der Waals surface area contributed by atoms with Crippen molar-refractivity contribution in [2.45, 2.75) is 39.2 Å². The van der Waals surface area contributed by atoms with Crippen LogP contribution in [0.3, 0.4) is 0 Å². The third-order valence-electron chi connectivity index (χ3n) is 4.43. The van der Waals surface area contributed by atoms with Gasteiger partial charge in [0.2, 0.25) is 5.91 Å². The van der Waals surface area contributed by atoms with Crippen molar-refractivity contribution in [1.82, 2.24) is 9.88 Å².